The van der Waals surface area contributed by atoms with Gasteiger partial charge >= 0.3 is 0 Å². The molecule has 0 saturated carbocycles. The number of nitrogens with zero attached hydrogens (tertiary/aromatic N) is 1. The molecule has 0 atom stereocenters. The average molecular weight is 277 g/mol. The van der Waals surface area contributed by atoms with Crippen molar-refractivity contribution < 1.29 is 14.3 Å². The van der Waals surface area contributed by atoms with E-state index in [1.54, 1.807) is 4.90 Å². The van der Waals surface area contributed by atoms with Crippen LogP contribution in [0.5, 0.6) is 5.75 Å². The van der Waals surface area contributed by atoms with E-state index in [0.717, 1.165) is 43.9 Å². The van der Waals surface area contributed by atoms with Gasteiger partial charge in [-0.3, -0.25) is 4.79 Å². The Bertz CT molecular complexity index is 441. The maximum absolute atomic E-state index is 12.0. The summed E-state index contributed by atoms with van der Waals surface area (Å²) in [6, 6.07) is 7.75. The fraction of sp³-hybridized carbons (Fsp3) is 0.562. The molecule has 1 aliphatic rings. The molecule has 1 aliphatic heterocycles. The largest absolute Gasteiger partial charge is 0.484 e. The number of hydrogen-bond acceptors (Lipinski definition) is 3. The normalized spacial score (nSPS) is 15.9. The number of carbonyl (C=O) groups is 1. The van der Waals surface area contributed by atoms with Gasteiger partial charge in [0.2, 0.25) is 0 Å². The Kier molecular flexibility index (Phi) is 5.41. The van der Waals surface area contributed by atoms with E-state index in [2.05, 4.69) is 0 Å². The molecule has 4 heteroatoms. The summed E-state index contributed by atoms with van der Waals surface area (Å²) in [5.74, 6) is 1.33. The first kappa shape index (κ1) is 14.9. The summed E-state index contributed by atoms with van der Waals surface area (Å²) in [6.45, 7) is 4.52. The number of benzene rings is 1. The quantitative estimate of drug-likeness (QED) is 0.828. The SMILES string of the molecule is Cc1cccc(OCC(=O)N(C)CC2CCOCC2)c1. The Morgan fingerprint density at radius 2 is 2.15 bits per heavy atom. The van der Waals surface area contributed by atoms with Gasteiger partial charge in [0.15, 0.2) is 6.61 Å². The Hall–Kier alpha value is -1.55. The van der Waals surface area contributed by atoms with Crippen LogP contribution in [0.3, 0.4) is 0 Å². The fourth-order valence-corrected chi connectivity index (χ4v) is 2.38. The van der Waals surface area contributed by atoms with Gasteiger partial charge in [0.05, 0.1) is 0 Å². The Morgan fingerprint density at radius 1 is 1.40 bits per heavy atom. The van der Waals surface area contributed by atoms with Gasteiger partial charge in [-0.1, -0.05) is 12.1 Å². The molecular formula is C16H23NO3. The van der Waals surface area contributed by atoms with Crippen LogP contribution in [-0.2, 0) is 9.53 Å². The standard InChI is InChI=1S/C16H23NO3/c1-13-4-3-5-15(10-13)20-12-16(18)17(2)11-14-6-8-19-9-7-14/h3-5,10,14H,6-9,11-12H2,1-2H3. The molecule has 0 N–H and O–H groups in total. The number of rotatable bonds is 5. The lowest BCUT2D eigenvalue weighted by molar-refractivity contribution is -0.133. The predicted molar refractivity (Wildman–Crippen MR) is 77.9 cm³/mol. The number of likely N-dealkylation sites (N-methyl/N-ethyl adjacent to an activating group) is 1. The van der Waals surface area contributed by atoms with E-state index in [1.165, 1.54) is 0 Å². The fourth-order valence-electron chi connectivity index (χ4n) is 2.38. The smallest absolute Gasteiger partial charge is 0.260 e. The molecule has 1 saturated heterocycles. The number of hydrogen-bond donors (Lipinski definition) is 0. The molecule has 0 bridgehead atoms. The monoisotopic (exact) mass is 277 g/mol. The summed E-state index contributed by atoms with van der Waals surface area (Å²) >= 11 is 0. The molecule has 1 aromatic carbocycles. The van der Waals surface area contributed by atoms with Gasteiger partial charge in [-0.05, 0) is 43.4 Å². The van der Waals surface area contributed by atoms with E-state index in [1.807, 2.05) is 38.2 Å². The highest BCUT2D eigenvalue weighted by atomic mass is 16.5. The third-order valence-corrected chi connectivity index (χ3v) is 3.65. The second-order valence-corrected chi connectivity index (χ2v) is 5.44. The number of aryl methyl sites for hydroxylation is 1. The van der Waals surface area contributed by atoms with Crippen LogP contribution in [0.1, 0.15) is 18.4 Å². The van der Waals surface area contributed by atoms with Crippen molar-refractivity contribution in [2.45, 2.75) is 19.8 Å². The van der Waals surface area contributed by atoms with Crippen molar-refractivity contribution in [3.8, 4) is 5.75 Å². The van der Waals surface area contributed by atoms with Gasteiger partial charge in [-0.25, -0.2) is 0 Å². The summed E-state index contributed by atoms with van der Waals surface area (Å²) in [5.41, 5.74) is 1.13. The first-order valence-electron chi connectivity index (χ1n) is 7.16. The molecule has 0 aliphatic carbocycles. The van der Waals surface area contributed by atoms with E-state index in [4.69, 9.17) is 9.47 Å². The van der Waals surface area contributed by atoms with E-state index in [9.17, 15) is 4.79 Å². The van der Waals surface area contributed by atoms with E-state index in [0.29, 0.717) is 5.92 Å². The maximum Gasteiger partial charge on any atom is 0.260 e. The second-order valence-electron chi connectivity index (χ2n) is 5.44. The third kappa shape index (κ3) is 4.53. The van der Waals surface area contributed by atoms with Gasteiger partial charge in [0.25, 0.3) is 5.91 Å². The molecule has 1 aromatic rings. The van der Waals surface area contributed by atoms with Crippen molar-refractivity contribution in [2.75, 3.05) is 33.4 Å². The van der Waals surface area contributed by atoms with E-state index < -0.39 is 0 Å². The zero-order valence-electron chi connectivity index (χ0n) is 12.3. The molecule has 0 radical (unpaired) electrons. The average Bonchev–Trinajstić information content (AvgIpc) is 2.46. The second kappa shape index (κ2) is 7.29. The van der Waals surface area contributed by atoms with Crippen molar-refractivity contribution in [1.82, 2.24) is 4.90 Å². The molecule has 1 fully saturated rings. The van der Waals surface area contributed by atoms with Crippen LogP contribution >= 0.6 is 0 Å². The first-order chi connectivity index (χ1) is 9.65. The van der Waals surface area contributed by atoms with E-state index in [-0.39, 0.29) is 12.5 Å². The third-order valence-electron chi connectivity index (χ3n) is 3.65. The summed E-state index contributed by atoms with van der Waals surface area (Å²) in [4.78, 5) is 13.8. The minimum atomic E-state index is 0.0259. The highest BCUT2D eigenvalue weighted by Gasteiger charge is 2.18. The van der Waals surface area contributed by atoms with Crippen LogP contribution in [-0.4, -0.2) is 44.2 Å². The van der Waals surface area contributed by atoms with E-state index >= 15 is 0 Å². The van der Waals surface area contributed by atoms with Crippen molar-refractivity contribution in [3.05, 3.63) is 29.8 Å². The van der Waals surface area contributed by atoms with Gasteiger partial charge in [-0.15, -0.1) is 0 Å². The molecule has 110 valence electrons. The van der Waals surface area contributed by atoms with Crippen LogP contribution in [0.15, 0.2) is 24.3 Å². The molecule has 4 nitrogen and oxygen atoms in total. The zero-order valence-corrected chi connectivity index (χ0v) is 12.3. The van der Waals surface area contributed by atoms with Crippen LogP contribution in [0, 0.1) is 12.8 Å². The van der Waals surface area contributed by atoms with Gasteiger partial charge in [0.1, 0.15) is 5.75 Å². The molecule has 1 amide bonds. The van der Waals surface area contributed by atoms with Gasteiger partial charge in [0, 0.05) is 26.8 Å². The predicted octanol–water partition coefficient (Wildman–Crippen LogP) is 2.26. The summed E-state index contributed by atoms with van der Waals surface area (Å²) in [5, 5.41) is 0. The summed E-state index contributed by atoms with van der Waals surface area (Å²) in [6.07, 6.45) is 2.08. The lowest BCUT2D eigenvalue weighted by Crippen LogP contribution is -2.36. The highest BCUT2D eigenvalue weighted by molar-refractivity contribution is 5.77. The molecule has 20 heavy (non-hydrogen) atoms. The minimum Gasteiger partial charge on any atom is -0.484 e. The number of ether oxygens (including phenoxy) is 2. The van der Waals surface area contributed by atoms with Crippen LogP contribution in [0.2, 0.25) is 0 Å². The van der Waals surface area contributed by atoms with Crippen LogP contribution in [0.4, 0.5) is 0 Å². The molecular weight excluding hydrogens is 254 g/mol. The molecule has 0 aromatic heterocycles. The highest BCUT2D eigenvalue weighted by Crippen LogP contribution is 2.16. The number of amides is 1. The topological polar surface area (TPSA) is 38.8 Å². The number of carbonyl (C=O) groups excluding carboxylic acids is 1. The van der Waals surface area contributed by atoms with Crippen molar-refractivity contribution >= 4 is 5.91 Å². The van der Waals surface area contributed by atoms with Crippen LogP contribution < -0.4 is 4.74 Å². The first-order valence-corrected chi connectivity index (χ1v) is 7.16. The van der Waals surface area contributed by atoms with Crippen molar-refractivity contribution in [1.29, 1.82) is 0 Å². The lowest BCUT2D eigenvalue weighted by atomic mass is 10.00. The Labute approximate surface area is 120 Å². The van der Waals surface area contributed by atoms with Crippen LogP contribution in [0.25, 0.3) is 0 Å². The van der Waals surface area contributed by atoms with Gasteiger partial charge < -0.3 is 14.4 Å². The summed E-state index contributed by atoms with van der Waals surface area (Å²) < 4.78 is 10.9. The lowest BCUT2D eigenvalue weighted by Gasteiger charge is -2.27. The Morgan fingerprint density at radius 3 is 2.85 bits per heavy atom. The molecule has 1 heterocycles. The van der Waals surface area contributed by atoms with Crippen molar-refractivity contribution in [3.63, 3.8) is 0 Å². The Balaban J connectivity index is 1.76. The molecule has 0 unspecified atom stereocenters. The summed E-state index contributed by atoms with van der Waals surface area (Å²) in [7, 11) is 1.84. The molecule has 2 rings (SSSR count). The zero-order chi connectivity index (χ0) is 14.4. The molecule has 0 spiro atoms. The van der Waals surface area contributed by atoms with Crippen molar-refractivity contribution in [2.24, 2.45) is 5.92 Å². The minimum absolute atomic E-state index is 0.0259. The maximum atomic E-state index is 12.0. The van der Waals surface area contributed by atoms with Gasteiger partial charge in [-0.2, -0.15) is 0 Å².